The van der Waals surface area contributed by atoms with Gasteiger partial charge in [-0.1, -0.05) is 0 Å². The summed E-state index contributed by atoms with van der Waals surface area (Å²) in [5.41, 5.74) is -0.760. The fraction of sp³-hybridized carbons (Fsp3) is 0.429. The molecule has 6 heteroatoms. The van der Waals surface area contributed by atoms with Crippen LogP contribution in [0.25, 0.3) is 0 Å². The van der Waals surface area contributed by atoms with Gasteiger partial charge in [0.15, 0.2) is 0 Å². The maximum atomic E-state index is 12.7. The van der Waals surface area contributed by atoms with Crippen molar-refractivity contribution in [2.45, 2.75) is 37.1 Å². The van der Waals surface area contributed by atoms with Gasteiger partial charge in [0.25, 0.3) is 0 Å². The molecule has 0 saturated heterocycles. The van der Waals surface area contributed by atoms with Crippen LogP contribution in [-0.4, -0.2) is 28.3 Å². The van der Waals surface area contributed by atoms with Gasteiger partial charge in [-0.15, -0.1) is 11.8 Å². The molecule has 2 N–H and O–H groups in total. The van der Waals surface area contributed by atoms with Crippen LogP contribution in [0.1, 0.15) is 26.7 Å². The minimum atomic E-state index is -0.948. The van der Waals surface area contributed by atoms with E-state index in [0.717, 1.165) is 4.90 Å². The molecule has 0 atom stereocenters. The van der Waals surface area contributed by atoms with E-state index in [4.69, 9.17) is 5.11 Å². The Bertz CT molecular complexity index is 474. The second-order valence-electron chi connectivity index (χ2n) is 5.05. The monoisotopic (exact) mass is 299 g/mol. The van der Waals surface area contributed by atoms with Crippen molar-refractivity contribution >= 4 is 23.6 Å². The highest BCUT2D eigenvalue weighted by molar-refractivity contribution is 7.99. The quantitative estimate of drug-likeness (QED) is 0.760. The minimum absolute atomic E-state index is 0.121. The lowest BCUT2D eigenvalue weighted by Gasteiger charge is -2.24. The van der Waals surface area contributed by atoms with Crippen LogP contribution in [0.4, 0.5) is 4.39 Å². The Labute approximate surface area is 121 Å². The first kappa shape index (κ1) is 16.5. The van der Waals surface area contributed by atoms with E-state index in [1.807, 2.05) is 0 Å². The molecule has 0 bridgehead atoms. The van der Waals surface area contributed by atoms with Gasteiger partial charge in [-0.05, 0) is 38.1 Å². The molecule has 0 aromatic heterocycles. The third-order valence-electron chi connectivity index (χ3n) is 2.48. The van der Waals surface area contributed by atoms with E-state index in [1.54, 1.807) is 26.0 Å². The molecule has 110 valence electrons. The van der Waals surface area contributed by atoms with Crippen molar-refractivity contribution in [2.75, 3.05) is 5.75 Å². The van der Waals surface area contributed by atoms with Crippen molar-refractivity contribution in [1.29, 1.82) is 0 Å². The molecule has 1 aromatic carbocycles. The van der Waals surface area contributed by atoms with Crippen LogP contribution in [-0.2, 0) is 9.59 Å². The molecule has 20 heavy (non-hydrogen) atoms. The molecular weight excluding hydrogens is 281 g/mol. The molecule has 0 spiro atoms. The summed E-state index contributed by atoms with van der Waals surface area (Å²) in [5, 5.41) is 11.4. The van der Waals surface area contributed by atoms with Crippen molar-refractivity contribution in [3.05, 3.63) is 30.1 Å². The zero-order chi connectivity index (χ0) is 15.2. The van der Waals surface area contributed by atoms with Gasteiger partial charge in [0, 0.05) is 22.6 Å². The number of carbonyl (C=O) groups is 2. The van der Waals surface area contributed by atoms with Gasteiger partial charge >= 0.3 is 5.97 Å². The van der Waals surface area contributed by atoms with E-state index in [2.05, 4.69) is 5.32 Å². The molecule has 4 nitrogen and oxygen atoms in total. The van der Waals surface area contributed by atoms with Crippen LogP contribution in [0.5, 0.6) is 0 Å². The largest absolute Gasteiger partial charge is 0.481 e. The lowest BCUT2D eigenvalue weighted by atomic mass is 10.0. The first-order valence-electron chi connectivity index (χ1n) is 6.20. The normalized spacial score (nSPS) is 11.2. The van der Waals surface area contributed by atoms with Crippen LogP contribution in [0.15, 0.2) is 29.2 Å². The number of aliphatic carboxylic acids is 1. The highest BCUT2D eigenvalue weighted by Gasteiger charge is 2.23. The summed E-state index contributed by atoms with van der Waals surface area (Å²) >= 11 is 1.45. The molecule has 0 aliphatic rings. The summed E-state index contributed by atoms with van der Waals surface area (Å²) in [7, 11) is 0. The predicted molar refractivity (Wildman–Crippen MR) is 76.2 cm³/mol. The fourth-order valence-electron chi connectivity index (χ4n) is 1.65. The summed E-state index contributed by atoms with van der Waals surface area (Å²) in [6.45, 7) is 3.35. The summed E-state index contributed by atoms with van der Waals surface area (Å²) in [4.78, 5) is 23.2. The Kier molecular flexibility index (Phi) is 6.01. The van der Waals surface area contributed by atoms with Crippen LogP contribution in [0.2, 0.25) is 0 Å². The third kappa shape index (κ3) is 6.56. The molecule has 1 amide bonds. The Morgan fingerprint density at radius 3 is 2.45 bits per heavy atom. The van der Waals surface area contributed by atoms with Crippen molar-refractivity contribution in [2.24, 2.45) is 0 Å². The highest BCUT2D eigenvalue weighted by atomic mass is 32.2. The number of benzene rings is 1. The minimum Gasteiger partial charge on any atom is -0.481 e. The molecule has 0 heterocycles. The van der Waals surface area contributed by atoms with Gasteiger partial charge in [-0.2, -0.15) is 0 Å². The zero-order valence-corrected chi connectivity index (χ0v) is 12.3. The molecule has 0 radical (unpaired) electrons. The van der Waals surface area contributed by atoms with Crippen molar-refractivity contribution in [3.63, 3.8) is 0 Å². The van der Waals surface area contributed by atoms with E-state index in [-0.39, 0.29) is 24.6 Å². The number of thioether (sulfide) groups is 1. The number of carboxylic acids is 1. The fourth-order valence-corrected chi connectivity index (χ4v) is 2.51. The summed E-state index contributed by atoms with van der Waals surface area (Å²) in [6, 6.07) is 6.06. The summed E-state index contributed by atoms with van der Waals surface area (Å²) in [5.74, 6) is -0.870. The van der Waals surface area contributed by atoms with Crippen molar-refractivity contribution in [3.8, 4) is 0 Å². The maximum Gasteiger partial charge on any atom is 0.305 e. The van der Waals surface area contributed by atoms with Gasteiger partial charge in [0.2, 0.25) is 5.91 Å². The van der Waals surface area contributed by atoms with Crippen molar-refractivity contribution < 1.29 is 19.1 Å². The second kappa shape index (κ2) is 7.28. The van der Waals surface area contributed by atoms with E-state index >= 15 is 0 Å². The lowest BCUT2D eigenvalue weighted by Crippen LogP contribution is -2.45. The number of nitrogens with one attached hydrogen (secondary N) is 1. The first-order chi connectivity index (χ1) is 9.28. The molecular formula is C14H18FNO3S. The summed E-state index contributed by atoms with van der Waals surface area (Å²) < 4.78 is 12.7. The van der Waals surface area contributed by atoms with Crippen LogP contribution in [0.3, 0.4) is 0 Å². The topological polar surface area (TPSA) is 66.4 Å². The summed E-state index contributed by atoms with van der Waals surface area (Å²) in [6.07, 6.45) is 0.162. The van der Waals surface area contributed by atoms with Gasteiger partial charge < -0.3 is 10.4 Å². The van der Waals surface area contributed by atoms with Gasteiger partial charge in [-0.25, -0.2) is 4.39 Å². The predicted octanol–water partition coefficient (Wildman–Crippen LogP) is 2.68. The second-order valence-corrected chi connectivity index (χ2v) is 6.22. The van der Waals surface area contributed by atoms with Gasteiger partial charge in [0.1, 0.15) is 5.82 Å². The Balaban J connectivity index is 2.33. The van der Waals surface area contributed by atoms with E-state index in [1.165, 1.54) is 23.9 Å². The molecule has 0 aliphatic carbocycles. The molecule has 1 rings (SSSR count). The number of rotatable bonds is 7. The number of halogens is 1. The highest BCUT2D eigenvalue weighted by Crippen LogP contribution is 2.19. The molecule has 0 saturated carbocycles. The van der Waals surface area contributed by atoms with Crippen LogP contribution >= 0.6 is 11.8 Å². The molecule has 0 aliphatic heterocycles. The average molecular weight is 299 g/mol. The number of carbonyl (C=O) groups excluding carboxylic acids is 1. The number of amides is 1. The van der Waals surface area contributed by atoms with E-state index in [0.29, 0.717) is 5.75 Å². The van der Waals surface area contributed by atoms with E-state index in [9.17, 15) is 14.0 Å². The number of hydrogen-bond acceptors (Lipinski definition) is 3. The zero-order valence-electron chi connectivity index (χ0n) is 11.5. The maximum absolute atomic E-state index is 12.7. The Hall–Kier alpha value is -1.56. The van der Waals surface area contributed by atoms with Gasteiger partial charge in [0.05, 0.1) is 6.42 Å². The molecule has 0 fully saturated rings. The Morgan fingerprint density at radius 2 is 1.90 bits per heavy atom. The average Bonchev–Trinajstić information content (AvgIpc) is 2.29. The van der Waals surface area contributed by atoms with Gasteiger partial charge in [-0.3, -0.25) is 9.59 Å². The number of carboxylic acid groups (broad SMARTS) is 1. The first-order valence-corrected chi connectivity index (χ1v) is 7.18. The van der Waals surface area contributed by atoms with Crippen molar-refractivity contribution in [1.82, 2.24) is 5.32 Å². The lowest BCUT2D eigenvalue weighted by molar-refractivity contribution is -0.138. The third-order valence-corrected chi connectivity index (χ3v) is 3.50. The van der Waals surface area contributed by atoms with Crippen LogP contribution in [0, 0.1) is 5.82 Å². The Morgan fingerprint density at radius 1 is 1.30 bits per heavy atom. The smallest absolute Gasteiger partial charge is 0.305 e. The number of hydrogen-bond donors (Lipinski definition) is 2. The molecule has 0 unspecified atom stereocenters. The standard InChI is InChI=1S/C14H18FNO3S/c1-14(2,9-13(18)19)16-12(17)7-8-20-11-5-3-10(15)4-6-11/h3-6H,7-9H2,1-2H3,(H,16,17)(H,18,19). The molecule has 1 aromatic rings. The SMILES string of the molecule is CC(C)(CC(=O)O)NC(=O)CCSc1ccc(F)cc1. The van der Waals surface area contributed by atoms with Crippen LogP contribution < -0.4 is 5.32 Å². The van der Waals surface area contributed by atoms with E-state index < -0.39 is 11.5 Å².